The van der Waals surface area contributed by atoms with Crippen molar-refractivity contribution in [1.29, 1.82) is 0 Å². The van der Waals surface area contributed by atoms with Crippen LogP contribution >= 0.6 is 27.7 Å². The molecule has 0 saturated carbocycles. The van der Waals surface area contributed by atoms with E-state index in [2.05, 4.69) is 26.2 Å². The Hall–Kier alpha value is -3.54. The molecule has 41 heavy (non-hydrogen) atoms. The second-order valence-electron chi connectivity index (χ2n) is 9.48. The number of fused-ring (bicyclic) bond motifs is 1. The van der Waals surface area contributed by atoms with E-state index in [-0.39, 0.29) is 36.5 Å². The molecule has 2 aromatic carbocycles. The van der Waals surface area contributed by atoms with Crippen molar-refractivity contribution in [1.82, 2.24) is 9.88 Å². The van der Waals surface area contributed by atoms with Gasteiger partial charge in [0.05, 0.1) is 30.4 Å². The zero-order chi connectivity index (χ0) is 28.9. The molecule has 9 nitrogen and oxygen atoms in total. The maximum absolute atomic E-state index is 12.8. The Morgan fingerprint density at radius 3 is 2.78 bits per heavy atom. The number of aliphatic imine (C=N–C) groups is 1. The molecule has 3 heterocycles. The first-order chi connectivity index (χ1) is 19.9. The molecule has 0 aliphatic carbocycles. The maximum atomic E-state index is 12.8. The molecule has 2 aliphatic heterocycles. The molecule has 11 heteroatoms. The van der Waals surface area contributed by atoms with E-state index in [9.17, 15) is 14.7 Å². The van der Waals surface area contributed by atoms with Gasteiger partial charge in [-0.1, -0.05) is 27.7 Å². The third-order valence-electron chi connectivity index (χ3n) is 6.70. The van der Waals surface area contributed by atoms with Crippen molar-refractivity contribution in [3.8, 4) is 5.75 Å². The summed E-state index contributed by atoms with van der Waals surface area (Å²) in [6.07, 6.45) is 5.69. The fraction of sp³-hybridized carbons (Fsp3) is 0.300. The number of nitrogens with one attached hydrogen (secondary N) is 1. The van der Waals surface area contributed by atoms with Gasteiger partial charge in [-0.3, -0.25) is 4.79 Å². The van der Waals surface area contributed by atoms with Gasteiger partial charge in [-0.2, -0.15) is 0 Å². The topological polar surface area (TPSA) is 111 Å². The second kappa shape index (κ2) is 13.0. The van der Waals surface area contributed by atoms with Gasteiger partial charge in [-0.25, -0.2) is 9.79 Å². The summed E-state index contributed by atoms with van der Waals surface area (Å²) in [4.78, 5) is 30.7. The monoisotopic (exact) mass is 639 g/mol. The van der Waals surface area contributed by atoms with Crippen LogP contribution in [0.5, 0.6) is 5.75 Å². The van der Waals surface area contributed by atoms with E-state index in [1.54, 1.807) is 44.4 Å². The molecule has 5 rings (SSSR count). The zero-order valence-corrected chi connectivity index (χ0v) is 25.1. The standard InChI is InChI=1S/C30H30BrN3O6S/c1-3-39-30(37)27-28(36)25(41-29(27)33-20-7-9-21(38-2)10-8-20)13-18-16-34(24-11-6-19(31)14-23(18)24)17-26(35)32-15-22-5-4-12-40-22/h6-11,13-14,16,22,36H,3-5,12,15,17H2,1-2H3,(H,32,35)/b25-13-,33-29?/t22-/m1/s1. The Bertz CT molecular complexity index is 1550. The number of rotatable bonds is 9. The number of carbonyl (C=O) groups excluding carboxylic acids is 2. The van der Waals surface area contributed by atoms with Crippen molar-refractivity contribution in [3.63, 3.8) is 0 Å². The van der Waals surface area contributed by atoms with Crippen LogP contribution in [0.25, 0.3) is 17.0 Å². The van der Waals surface area contributed by atoms with Crippen LogP contribution in [-0.4, -0.2) is 59.6 Å². The smallest absolute Gasteiger partial charge is 0.344 e. The van der Waals surface area contributed by atoms with Crippen molar-refractivity contribution in [3.05, 3.63) is 74.9 Å². The number of benzene rings is 2. The fourth-order valence-corrected chi connectivity index (χ4v) is 6.08. The van der Waals surface area contributed by atoms with E-state index in [0.29, 0.717) is 27.9 Å². The first-order valence-corrected chi connectivity index (χ1v) is 14.9. The summed E-state index contributed by atoms with van der Waals surface area (Å²) in [5, 5.41) is 15.4. The lowest BCUT2D eigenvalue weighted by atomic mass is 10.1. The van der Waals surface area contributed by atoms with E-state index >= 15 is 0 Å². The highest BCUT2D eigenvalue weighted by Gasteiger charge is 2.33. The van der Waals surface area contributed by atoms with Gasteiger partial charge in [0, 0.05) is 40.3 Å². The molecule has 0 unspecified atom stereocenters. The van der Waals surface area contributed by atoms with E-state index in [4.69, 9.17) is 14.2 Å². The van der Waals surface area contributed by atoms with E-state index in [1.165, 1.54) is 11.8 Å². The Labute approximate surface area is 250 Å². The van der Waals surface area contributed by atoms with E-state index in [0.717, 1.165) is 40.4 Å². The number of esters is 1. The number of aliphatic hydroxyl groups excluding tert-OH is 1. The highest BCUT2D eigenvalue weighted by atomic mass is 79.9. The summed E-state index contributed by atoms with van der Waals surface area (Å²) in [5.41, 5.74) is 2.24. The highest BCUT2D eigenvalue weighted by Crippen LogP contribution is 2.41. The predicted octanol–water partition coefficient (Wildman–Crippen LogP) is 5.90. The summed E-state index contributed by atoms with van der Waals surface area (Å²) in [5.74, 6) is -0.288. The minimum absolute atomic E-state index is 0.0114. The maximum Gasteiger partial charge on any atom is 0.344 e. The molecule has 0 spiro atoms. The van der Waals surface area contributed by atoms with Crippen LogP contribution < -0.4 is 10.1 Å². The van der Waals surface area contributed by atoms with Crippen LogP contribution in [0.15, 0.2) is 74.4 Å². The number of carbonyl (C=O) groups is 2. The molecule has 1 atom stereocenters. The molecule has 1 amide bonds. The van der Waals surface area contributed by atoms with Gasteiger partial charge in [-0.05, 0) is 68.3 Å². The van der Waals surface area contributed by atoms with Crippen molar-refractivity contribution in [2.24, 2.45) is 4.99 Å². The minimum atomic E-state index is -0.652. The lowest BCUT2D eigenvalue weighted by Crippen LogP contribution is -2.34. The molecule has 0 bridgehead atoms. The molecule has 2 aliphatic rings. The summed E-state index contributed by atoms with van der Waals surface area (Å²) < 4.78 is 18.8. The molecule has 0 radical (unpaired) electrons. The number of aliphatic hydroxyl groups is 1. The first kappa shape index (κ1) is 29.0. The van der Waals surface area contributed by atoms with Crippen molar-refractivity contribution >= 4 is 67.3 Å². The average Bonchev–Trinajstić information content (AvgIpc) is 3.67. The molecular formula is C30H30BrN3O6S. The zero-order valence-electron chi connectivity index (χ0n) is 22.7. The van der Waals surface area contributed by atoms with Crippen LogP contribution in [-0.2, 0) is 25.6 Å². The number of halogens is 1. The lowest BCUT2D eigenvalue weighted by Gasteiger charge is -2.11. The fourth-order valence-electron chi connectivity index (χ4n) is 4.69. The number of aromatic nitrogens is 1. The van der Waals surface area contributed by atoms with Gasteiger partial charge in [0.1, 0.15) is 28.7 Å². The molecule has 3 aromatic rings. The summed E-state index contributed by atoms with van der Waals surface area (Å²) >= 11 is 4.72. The minimum Gasteiger partial charge on any atom is -0.506 e. The molecule has 2 N–H and O–H groups in total. The number of ether oxygens (including phenoxy) is 3. The second-order valence-corrected chi connectivity index (χ2v) is 11.4. The number of hydrogen-bond donors (Lipinski definition) is 2. The van der Waals surface area contributed by atoms with Gasteiger partial charge in [0.25, 0.3) is 0 Å². The third kappa shape index (κ3) is 6.69. The summed E-state index contributed by atoms with van der Waals surface area (Å²) in [6, 6.07) is 12.9. The van der Waals surface area contributed by atoms with Crippen LogP contribution in [0, 0.1) is 0 Å². The van der Waals surface area contributed by atoms with Crippen LogP contribution in [0.2, 0.25) is 0 Å². The number of thioether (sulfide) groups is 1. The Morgan fingerprint density at radius 2 is 2.07 bits per heavy atom. The van der Waals surface area contributed by atoms with Crippen molar-refractivity contribution < 1.29 is 28.9 Å². The number of nitrogens with zero attached hydrogens (tertiary/aromatic N) is 2. The SMILES string of the molecule is CCOC(=O)C1=C(O)/C(=C/c2cn(CC(=O)NC[C@H]3CCCO3)c3ccc(Br)cc23)SC1=Nc1ccc(OC)cc1. The van der Waals surface area contributed by atoms with Gasteiger partial charge >= 0.3 is 5.97 Å². The number of amides is 1. The van der Waals surface area contributed by atoms with Crippen LogP contribution in [0.3, 0.4) is 0 Å². The Morgan fingerprint density at radius 1 is 1.27 bits per heavy atom. The molecule has 214 valence electrons. The predicted molar refractivity (Wildman–Crippen MR) is 164 cm³/mol. The molecule has 1 saturated heterocycles. The lowest BCUT2D eigenvalue weighted by molar-refractivity contribution is -0.138. The highest BCUT2D eigenvalue weighted by molar-refractivity contribution is 9.10. The van der Waals surface area contributed by atoms with Gasteiger partial charge in [0.15, 0.2) is 0 Å². The summed E-state index contributed by atoms with van der Waals surface area (Å²) in [6.45, 7) is 3.22. The van der Waals surface area contributed by atoms with Crippen LogP contribution in [0.4, 0.5) is 5.69 Å². The molecule has 1 aromatic heterocycles. The van der Waals surface area contributed by atoms with Gasteiger partial charge in [-0.15, -0.1) is 0 Å². The van der Waals surface area contributed by atoms with Crippen LogP contribution in [0.1, 0.15) is 25.3 Å². The number of hydrogen-bond acceptors (Lipinski definition) is 8. The first-order valence-electron chi connectivity index (χ1n) is 13.3. The van der Waals surface area contributed by atoms with Crippen molar-refractivity contribution in [2.45, 2.75) is 32.4 Å². The quantitative estimate of drug-likeness (QED) is 0.280. The van der Waals surface area contributed by atoms with E-state index < -0.39 is 5.97 Å². The van der Waals surface area contributed by atoms with Gasteiger partial charge < -0.3 is 29.2 Å². The largest absolute Gasteiger partial charge is 0.506 e. The third-order valence-corrected chi connectivity index (χ3v) is 8.21. The average molecular weight is 641 g/mol. The number of methoxy groups -OCH3 is 1. The van der Waals surface area contributed by atoms with Gasteiger partial charge in [0.2, 0.25) is 5.91 Å². The van der Waals surface area contributed by atoms with E-state index in [1.807, 2.05) is 29.0 Å². The normalized spacial score (nSPS) is 19.0. The molecule has 1 fully saturated rings. The summed E-state index contributed by atoms with van der Waals surface area (Å²) in [7, 11) is 1.58. The Kier molecular flexibility index (Phi) is 9.16. The van der Waals surface area contributed by atoms with Crippen molar-refractivity contribution in [2.75, 3.05) is 26.9 Å². The molecular weight excluding hydrogens is 610 g/mol. The Balaban J connectivity index is 1.47.